The molecule has 1 aliphatic heterocycles. The summed E-state index contributed by atoms with van der Waals surface area (Å²) in [5.74, 6) is 1.30. The van der Waals surface area contributed by atoms with Gasteiger partial charge in [0.05, 0.1) is 5.69 Å². The second-order valence-corrected chi connectivity index (χ2v) is 7.62. The Balaban J connectivity index is 1.85. The zero-order valence-corrected chi connectivity index (χ0v) is 16.4. The van der Waals surface area contributed by atoms with Crippen LogP contribution in [0.4, 0.5) is 4.39 Å². The minimum absolute atomic E-state index is 0.182. The molecular weight excluding hydrogens is 341 g/mol. The largest absolute Gasteiger partial charge is 0.342 e. The molecule has 1 aliphatic rings. The van der Waals surface area contributed by atoms with Crippen LogP contribution in [0.15, 0.2) is 30.5 Å². The summed E-state index contributed by atoms with van der Waals surface area (Å²) in [4.78, 5) is 23.7. The van der Waals surface area contributed by atoms with Gasteiger partial charge < -0.3 is 4.90 Å². The number of aryl methyl sites for hydroxylation is 1. The van der Waals surface area contributed by atoms with Crippen molar-refractivity contribution in [1.29, 1.82) is 0 Å². The standard InChI is InChI=1S/C22H28FN3O/c1-4-15(2)12-21(27)26-11-5-6-18(14-26)22-20(13-24-16(3)25-22)17-7-9-19(23)10-8-17/h7-10,13,15,18H,4-6,11-12,14H2,1-3H3/t15-,18+/m0/s1. The van der Waals surface area contributed by atoms with Crippen molar-refractivity contribution in [2.24, 2.45) is 5.92 Å². The lowest BCUT2D eigenvalue weighted by Crippen LogP contribution is -2.40. The number of carbonyl (C=O) groups is 1. The van der Waals surface area contributed by atoms with Gasteiger partial charge in [0.15, 0.2) is 0 Å². The Labute approximate surface area is 160 Å². The maximum atomic E-state index is 13.3. The summed E-state index contributed by atoms with van der Waals surface area (Å²) < 4.78 is 13.3. The van der Waals surface area contributed by atoms with E-state index >= 15 is 0 Å². The maximum absolute atomic E-state index is 13.3. The molecule has 0 aliphatic carbocycles. The fraction of sp³-hybridized carbons (Fsp3) is 0.500. The first-order valence-corrected chi connectivity index (χ1v) is 9.85. The molecule has 1 fully saturated rings. The van der Waals surface area contributed by atoms with Crippen molar-refractivity contribution >= 4 is 5.91 Å². The van der Waals surface area contributed by atoms with Gasteiger partial charge in [-0.25, -0.2) is 14.4 Å². The van der Waals surface area contributed by atoms with Crippen molar-refractivity contribution in [2.45, 2.75) is 52.4 Å². The van der Waals surface area contributed by atoms with E-state index in [9.17, 15) is 9.18 Å². The fourth-order valence-electron chi connectivity index (χ4n) is 3.65. The van der Waals surface area contributed by atoms with Gasteiger partial charge in [0.1, 0.15) is 11.6 Å². The summed E-state index contributed by atoms with van der Waals surface area (Å²) >= 11 is 0. The van der Waals surface area contributed by atoms with Crippen LogP contribution in [0.5, 0.6) is 0 Å². The Morgan fingerprint density at radius 1 is 1.33 bits per heavy atom. The average Bonchev–Trinajstić information content (AvgIpc) is 2.68. The number of aromatic nitrogens is 2. The van der Waals surface area contributed by atoms with Gasteiger partial charge >= 0.3 is 0 Å². The highest BCUT2D eigenvalue weighted by Crippen LogP contribution is 2.33. The fourth-order valence-corrected chi connectivity index (χ4v) is 3.65. The first kappa shape index (κ1) is 19.5. The van der Waals surface area contributed by atoms with E-state index in [0.29, 0.717) is 18.9 Å². The molecule has 1 aromatic carbocycles. The third-order valence-electron chi connectivity index (χ3n) is 5.47. The molecule has 2 heterocycles. The highest BCUT2D eigenvalue weighted by Gasteiger charge is 2.28. The van der Waals surface area contributed by atoms with Crippen molar-refractivity contribution in [2.75, 3.05) is 13.1 Å². The van der Waals surface area contributed by atoms with Crippen molar-refractivity contribution in [3.05, 3.63) is 47.8 Å². The van der Waals surface area contributed by atoms with Gasteiger partial charge in [0.2, 0.25) is 5.91 Å². The first-order valence-electron chi connectivity index (χ1n) is 9.85. The smallest absolute Gasteiger partial charge is 0.222 e. The summed E-state index contributed by atoms with van der Waals surface area (Å²) in [6.45, 7) is 7.64. The Morgan fingerprint density at radius 3 is 2.78 bits per heavy atom. The third kappa shape index (κ3) is 4.71. The summed E-state index contributed by atoms with van der Waals surface area (Å²) in [7, 11) is 0. The van der Waals surface area contributed by atoms with Crippen molar-refractivity contribution < 1.29 is 9.18 Å². The van der Waals surface area contributed by atoms with Gasteiger partial charge in [-0.1, -0.05) is 32.4 Å². The summed E-state index contributed by atoms with van der Waals surface area (Å²) in [5.41, 5.74) is 2.81. The number of hydrogen-bond donors (Lipinski definition) is 0. The lowest BCUT2D eigenvalue weighted by molar-refractivity contribution is -0.133. The van der Waals surface area contributed by atoms with E-state index in [1.807, 2.05) is 18.0 Å². The zero-order valence-electron chi connectivity index (χ0n) is 16.4. The average molecular weight is 369 g/mol. The number of carbonyl (C=O) groups excluding carboxylic acids is 1. The number of amides is 1. The SMILES string of the molecule is CC[C@H](C)CC(=O)N1CCC[C@@H](c2nc(C)ncc2-c2ccc(F)cc2)C1. The predicted octanol–water partition coefficient (Wildman–Crippen LogP) is 4.73. The Kier molecular flexibility index (Phi) is 6.19. The van der Waals surface area contributed by atoms with Crippen LogP contribution in [0.25, 0.3) is 11.1 Å². The lowest BCUT2D eigenvalue weighted by atomic mass is 9.89. The van der Waals surface area contributed by atoms with E-state index in [4.69, 9.17) is 4.98 Å². The molecule has 5 heteroatoms. The number of hydrogen-bond acceptors (Lipinski definition) is 3. The van der Waals surface area contributed by atoms with E-state index in [-0.39, 0.29) is 17.6 Å². The molecule has 1 amide bonds. The minimum atomic E-state index is -0.257. The molecule has 2 atom stereocenters. The van der Waals surface area contributed by atoms with Gasteiger partial charge in [0.25, 0.3) is 0 Å². The van der Waals surface area contributed by atoms with E-state index < -0.39 is 0 Å². The summed E-state index contributed by atoms with van der Waals surface area (Å²) in [5, 5.41) is 0. The van der Waals surface area contributed by atoms with Crippen LogP contribution in [0.3, 0.4) is 0 Å². The van der Waals surface area contributed by atoms with Crippen molar-refractivity contribution in [3.63, 3.8) is 0 Å². The number of rotatable bonds is 5. The number of halogens is 1. The number of piperidine rings is 1. The topological polar surface area (TPSA) is 46.1 Å². The van der Waals surface area contributed by atoms with Crippen LogP contribution in [0, 0.1) is 18.7 Å². The van der Waals surface area contributed by atoms with Gasteiger partial charge in [-0.15, -0.1) is 0 Å². The third-order valence-corrected chi connectivity index (χ3v) is 5.47. The molecule has 0 saturated carbocycles. The molecule has 1 saturated heterocycles. The van der Waals surface area contributed by atoms with E-state index in [2.05, 4.69) is 18.8 Å². The molecule has 0 radical (unpaired) electrons. The second-order valence-electron chi connectivity index (χ2n) is 7.62. The van der Waals surface area contributed by atoms with Gasteiger partial charge in [-0.2, -0.15) is 0 Å². The summed E-state index contributed by atoms with van der Waals surface area (Å²) in [6.07, 6.45) is 5.42. The molecule has 144 valence electrons. The van der Waals surface area contributed by atoms with Gasteiger partial charge in [-0.05, 0) is 43.4 Å². The zero-order chi connectivity index (χ0) is 19.4. The van der Waals surface area contributed by atoms with Crippen LogP contribution in [0.2, 0.25) is 0 Å². The molecule has 27 heavy (non-hydrogen) atoms. The summed E-state index contributed by atoms with van der Waals surface area (Å²) in [6, 6.07) is 6.45. The molecule has 2 aromatic rings. The van der Waals surface area contributed by atoms with Gasteiger partial charge in [-0.3, -0.25) is 4.79 Å². The molecule has 1 aromatic heterocycles. The Morgan fingerprint density at radius 2 is 2.07 bits per heavy atom. The minimum Gasteiger partial charge on any atom is -0.342 e. The molecular formula is C22H28FN3O. The van der Waals surface area contributed by atoms with E-state index in [1.54, 1.807) is 12.1 Å². The highest BCUT2D eigenvalue weighted by molar-refractivity contribution is 5.76. The second kappa shape index (κ2) is 8.59. The Bertz CT molecular complexity index is 791. The molecule has 4 nitrogen and oxygen atoms in total. The van der Waals surface area contributed by atoms with Crippen LogP contribution < -0.4 is 0 Å². The molecule has 0 spiro atoms. The molecule has 0 bridgehead atoms. The Hall–Kier alpha value is -2.30. The van der Waals surface area contributed by atoms with Crippen molar-refractivity contribution in [1.82, 2.24) is 14.9 Å². The first-order chi connectivity index (χ1) is 13.0. The normalized spacial score (nSPS) is 18.4. The maximum Gasteiger partial charge on any atom is 0.222 e. The van der Waals surface area contributed by atoms with Crippen LogP contribution in [-0.4, -0.2) is 33.9 Å². The molecule has 0 unspecified atom stereocenters. The van der Waals surface area contributed by atoms with E-state index in [0.717, 1.165) is 48.5 Å². The van der Waals surface area contributed by atoms with Crippen LogP contribution in [-0.2, 0) is 4.79 Å². The highest BCUT2D eigenvalue weighted by atomic mass is 19.1. The van der Waals surface area contributed by atoms with Crippen LogP contribution >= 0.6 is 0 Å². The van der Waals surface area contributed by atoms with Gasteiger partial charge in [0, 0.05) is 37.2 Å². The van der Waals surface area contributed by atoms with Crippen LogP contribution in [0.1, 0.15) is 57.0 Å². The molecule has 3 rings (SSSR count). The predicted molar refractivity (Wildman–Crippen MR) is 105 cm³/mol. The lowest BCUT2D eigenvalue weighted by Gasteiger charge is -2.34. The molecule has 0 N–H and O–H groups in total. The van der Waals surface area contributed by atoms with Crippen molar-refractivity contribution in [3.8, 4) is 11.1 Å². The monoisotopic (exact) mass is 369 g/mol. The number of nitrogens with zero attached hydrogens (tertiary/aromatic N) is 3. The number of benzene rings is 1. The number of likely N-dealkylation sites (tertiary alicyclic amines) is 1. The van der Waals surface area contributed by atoms with E-state index in [1.165, 1.54) is 12.1 Å². The quantitative estimate of drug-likeness (QED) is 0.765.